The van der Waals surface area contributed by atoms with Crippen LogP contribution in [-0.2, 0) is 9.47 Å². The van der Waals surface area contributed by atoms with Crippen molar-refractivity contribution >= 4 is 5.91 Å². The summed E-state index contributed by atoms with van der Waals surface area (Å²) in [6, 6.07) is 5.46. The minimum absolute atomic E-state index is 0.0286. The molecule has 1 amide bonds. The van der Waals surface area contributed by atoms with Crippen molar-refractivity contribution in [1.29, 1.82) is 0 Å². The number of likely N-dealkylation sites (tertiary alicyclic amines) is 1. The molecule has 2 saturated heterocycles. The Morgan fingerprint density at radius 2 is 1.93 bits per heavy atom. The zero-order valence-electron chi connectivity index (χ0n) is 15.7. The molecule has 0 radical (unpaired) electrons. The third kappa shape index (κ3) is 3.65. The molecule has 1 unspecified atom stereocenters. The summed E-state index contributed by atoms with van der Waals surface area (Å²) >= 11 is 0. The summed E-state index contributed by atoms with van der Waals surface area (Å²) in [4.78, 5) is 14.7. The van der Waals surface area contributed by atoms with Crippen molar-refractivity contribution in [2.75, 3.05) is 39.5 Å². The number of benzene rings is 1. The van der Waals surface area contributed by atoms with Crippen molar-refractivity contribution in [3.05, 3.63) is 23.8 Å². The van der Waals surface area contributed by atoms with Gasteiger partial charge in [0.1, 0.15) is 5.60 Å². The zero-order chi connectivity index (χ0) is 18.3. The van der Waals surface area contributed by atoms with Gasteiger partial charge in [-0.2, -0.15) is 0 Å². The van der Waals surface area contributed by atoms with Gasteiger partial charge in [0.2, 0.25) is 0 Å². The molecule has 3 fully saturated rings. The highest BCUT2D eigenvalue weighted by molar-refractivity contribution is 5.95. The molecule has 1 aromatic rings. The Balaban J connectivity index is 1.20. The Morgan fingerprint density at radius 1 is 1.11 bits per heavy atom. The third-order valence-electron chi connectivity index (χ3n) is 5.95. The van der Waals surface area contributed by atoms with Crippen LogP contribution in [-0.4, -0.2) is 62.0 Å². The smallest absolute Gasteiger partial charge is 0.254 e. The highest BCUT2D eigenvalue weighted by atomic mass is 16.5. The molecule has 3 aliphatic heterocycles. The highest BCUT2D eigenvalue weighted by Gasteiger charge is 2.49. The van der Waals surface area contributed by atoms with Crippen LogP contribution in [0.4, 0.5) is 0 Å². The number of carbonyl (C=O) groups excluding carboxylic acids is 1. The topological polar surface area (TPSA) is 57.2 Å². The van der Waals surface area contributed by atoms with Crippen LogP contribution >= 0.6 is 0 Å². The monoisotopic (exact) mass is 373 g/mol. The number of rotatable bonds is 4. The third-order valence-corrected chi connectivity index (χ3v) is 5.95. The van der Waals surface area contributed by atoms with E-state index in [1.165, 1.54) is 12.8 Å². The maximum atomic E-state index is 12.9. The Bertz CT molecular complexity index is 711. The SMILES string of the molecule is O=C(c1ccc2c(c1)OCCCO2)N1CC2(CC(OCC3CC3)CCO2)C1. The molecule has 1 spiro atoms. The van der Waals surface area contributed by atoms with Gasteiger partial charge in [0.15, 0.2) is 11.5 Å². The van der Waals surface area contributed by atoms with Gasteiger partial charge in [-0.25, -0.2) is 0 Å². The molecule has 1 aliphatic carbocycles. The molecule has 1 atom stereocenters. The Hall–Kier alpha value is -1.79. The minimum atomic E-state index is -0.215. The number of amides is 1. The van der Waals surface area contributed by atoms with Crippen molar-refractivity contribution in [3.8, 4) is 11.5 Å². The van der Waals surface area contributed by atoms with Crippen LogP contribution in [0.2, 0.25) is 0 Å². The molecule has 0 aromatic heterocycles. The van der Waals surface area contributed by atoms with E-state index in [9.17, 15) is 4.79 Å². The van der Waals surface area contributed by atoms with Crippen LogP contribution in [0.15, 0.2) is 18.2 Å². The first-order valence-corrected chi connectivity index (χ1v) is 10.2. The summed E-state index contributed by atoms with van der Waals surface area (Å²) in [5, 5.41) is 0. The highest BCUT2D eigenvalue weighted by Crippen LogP contribution is 2.38. The van der Waals surface area contributed by atoms with E-state index >= 15 is 0 Å². The summed E-state index contributed by atoms with van der Waals surface area (Å²) in [6.45, 7) is 4.17. The second kappa shape index (κ2) is 6.99. The van der Waals surface area contributed by atoms with E-state index < -0.39 is 0 Å². The lowest BCUT2D eigenvalue weighted by atomic mass is 9.84. The average Bonchev–Trinajstić information content (AvgIpc) is 3.50. The van der Waals surface area contributed by atoms with Gasteiger partial charge in [0.25, 0.3) is 5.91 Å². The maximum absolute atomic E-state index is 12.9. The summed E-state index contributed by atoms with van der Waals surface area (Å²) in [5.41, 5.74) is 0.430. The van der Waals surface area contributed by atoms with Crippen LogP contribution in [0.25, 0.3) is 0 Å². The van der Waals surface area contributed by atoms with Crippen LogP contribution in [0.1, 0.15) is 42.5 Å². The van der Waals surface area contributed by atoms with Crippen LogP contribution < -0.4 is 9.47 Å². The molecule has 1 aromatic carbocycles. The molecule has 146 valence electrons. The first kappa shape index (κ1) is 17.3. The molecule has 4 aliphatic rings. The average molecular weight is 373 g/mol. The molecule has 5 rings (SSSR count). The molecule has 3 heterocycles. The fraction of sp³-hybridized carbons (Fsp3) is 0.667. The summed E-state index contributed by atoms with van der Waals surface area (Å²) < 4.78 is 23.5. The molecule has 6 nitrogen and oxygen atoms in total. The lowest BCUT2D eigenvalue weighted by molar-refractivity contribution is -0.186. The normalized spacial score (nSPS) is 26.4. The van der Waals surface area contributed by atoms with Crippen LogP contribution in [0, 0.1) is 5.92 Å². The lowest BCUT2D eigenvalue weighted by Crippen LogP contribution is -2.67. The molecule has 1 saturated carbocycles. The summed E-state index contributed by atoms with van der Waals surface area (Å²) in [5.74, 6) is 2.19. The molecule has 27 heavy (non-hydrogen) atoms. The van der Waals surface area contributed by atoms with Gasteiger partial charge in [-0.1, -0.05) is 0 Å². The summed E-state index contributed by atoms with van der Waals surface area (Å²) in [6.07, 6.45) is 5.61. The van der Waals surface area contributed by atoms with Crippen molar-refractivity contribution < 1.29 is 23.7 Å². The zero-order valence-corrected chi connectivity index (χ0v) is 15.7. The van der Waals surface area contributed by atoms with Gasteiger partial charge < -0.3 is 23.8 Å². The molecule has 0 bridgehead atoms. The first-order valence-electron chi connectivity index (χ1n) is 10.2. The van der Waals surface area contributed by atoms with E-state index in [-0.39, 0.29) is 17.6 Å². The van der Waals surface area contributed by atoms with E-state index in [1.807, 2.05) is 17.0 Å². The van der Waals surface area contributed by atoms with E-state index in [0.717, 1.165) is 44.1 Å². The summed E-state index contributed by atoms with van der Waals surface area (Å²) in [7, 11) is 0. The Labute approximate surface area is 159 Å². The van der Waals surface area contributed by atoms with Gasteiger partial charge >= 0.3 is 0 Å². The number of fused-ring (bicyclic) bond motifs is 1. The Kier molecular flexibility index (Phi) is 4.48. The first-order chi connectivity index (χ1) is 13.2. The molecular formula is C21H27NO5. The molecular weight excluding hydrogens is 346 g/mol. The number of hydrogen-bond acceptors (Lipinski definition) is 5. The predicted octanol–water partition coefficient (Wildman–Crippen LogP) is 2.65. The largest absolute Gasteiger partial charge is 0.490 e. The standard InChI is InChI=1S/C21H27NO5/c23-20(16-4-5-18-19(10-16)25-8-1-7-24-18)22-13-21(14-22)11-17(6-9-27-21)26-12-15-2-3-15/h4-5,10,15,17H,1-3,6-9,11-14H2. The van der Waals surface area contributed by atoms with Gasteiger partial charge in [-0.15, -0.1) is 0 Å². The van der Waals surface area contributed by atoms with Crippen LogP contribution in [0.5, 0.6) is 11.5 Å². The van der Waals surface area contributed by atoms with Crippen LogP contribution in [0.3, 0.4) is 0 Å². The van der Waals surface area contributed by atoms with Gasteiger partial charge in [0.05, 0.1) is 32.4 Å². The van der Waals surface area contributed by atoms with E-state index in [1.54, 1.807) is 6.07 Å². The minimum Gasteiger partial charge on any atom is -0.490 e. The van der Waals surface area contributed by atoms with Crippen molar-refractivity contribution in [3.63, 3.8) is 0 Å². The molecule has 6 heteroatoms. The number of ether oxygens (including phenoxy) is 4. The predicted molar refractivity (Wildman–Crippen MR) is 98.3 cm³/mol. The van der Waals surface area contributed by atoms with Gasteiger partial charge in [0, 0.05) is 31.6 Å². The fourth-order valence-electron chi connectivity index (χ4n) is 4.17. The second-order valence-corrected chi connectivity index (χ2v) is 8.30. The Morgan fingerprint density at radius 3 is 2.74 bits per heavy atom. The fourth-order valence-corrected chi connectivity index (χ4v) is 4.17. The van der Waals surface area contributed by atoms with E-state index in [0.29, 0.717) is 37.6 Å². The lowest BCUT2D eigenvalue weighted by Gasteiger charge is -2.53. The maximum Gasteiger partial charge on any atom is 0.254 e. The van der Waals surface area contributed by atoms with Gasteiger partial charge in [-0.05, 0) is 43.4 Å². The van der Waals surface area contributed by atoms with Crippen molar-refractivity contribution in [2.24, 2.45) is 5.92 Å². The van der Waals surface area contributed by atoms with E-state index in [4.69, 9.17) is 18.9 Å². The van der Waals surface area contributed by atoms with Crippen molar-refractivity contribution in [1.82, 2.24) is 4.90 Å². The second-order valence-electron chi connectivity index (χ2n) is 8.30. The van der Waals surface area contributed by atoms with Gasteiger partial charge in [-0.3, -0.25) is 4.79 Å². The quantitative estimate of drug-likeness (QED) is 0.812. The molecule has 0 N–H and O–H groups in total. The number of hydrogen-bond donors (Lipinski definition) is 0. The number of carbonyl (C=O) groups is 1. The number of nitrogens with zero attached hydrogens (tertiary/aromatic N) is 1. The van der Waals surface area contributed by atoms with Crippen molar-refractivity contribution in [2.45, 2.75) is 43.8 Å². The van der Waals surface area contributed by atoms with E-state index in [2.05, 4.69) is 0 Å².